The SMILES string of the molecule is CN(C(=O)OC(C)(C)C)[C@@H]1[C@@H](O)[C@@H](O[C@@H]2[C@@H](O)[C@H](O[C@@H]3CCC=C(CNCC4CCCN4C(=O)OC(C)(C)C)O3)[C@@H](NC(=O)OC(C)(C)C)C[C@H]2NC(=O)CCCNC(=O)OC(C)(C)C)OC[C@]1(C)O. The Labute approximate surface area is 413 Å². The van der Waals surface area contributed by atoms with Crippen LogP contribution in [0.25, 0.3) is 0 Å². The molecule has 402 valence electrons. The van der Waals surface area contributed by atoms with Crippen molar-refractivity contribution in [2.24, 2.45) is 0 Å². The molecule has 70 heavy (non-hydrogen) atoms. The summed E-state index contributed by atoms with van der Waals surface area (Å²) in [4.78, 5) is 68.3. The summed E-state index contributed by atoms with van der Waals surface area (Å²) in [6, 6.07) is -3.51. The quantitative estimate of drug-likeness (QED) is 0.0905. The molecule has 3 fully saturated rings. The summed E-state index contributed by atoms with van der Waals surface area (Å²) in [5, 5.41) is 47.5. The van der Waals surface area contributed by atoms with Gasteiger partial charge in [-0.1, -0.05) is 0 Å². The zero-order valence-electron chi connectivity index (χ0n) is 43.9. The summed E-state index contributed by atoms with van der Waals surface area (Å²) in [6.07, 6.45) is -6.71. The Hall–Kier alpha value is -4.19. The molecular weight excluding hydrogens is 917 g/mol. The number of likely N-dealkylation sites (tertiary alicyclic amines) is 1. The molecule has 1 unspecified atom stereocenters. The predicted octanol–water partition coefficient (Wildman–Crippen LogP) is 3.92. The summed E-state index contributed by atoms with van der Waals surface area (Å²) >= 11 is 0. The molecular formula is C48H84N6O16. The molecule has 4 rings (SSSR count). The van der Waals surface area contributed by atoms with Crippen LogP contribution < -0.4 is 21.3 Å². The highest BCUT2D eigenvalue weighted by Crippen LogP contribution is 2.35. The van der Waals surface area contributed by atoms with Gasteiger partial charge in [0.25, 0.3) is 0 Å². The molecule has 0 aromatic rings. The van der Waals surface area contributed by atoms with Crippen LogP contribution in [-0.2, 0) is 42.7 Å². The molecule has 3 aliphatic heterocycles. The van der Waals surface area contributed by atoms with E-state index in [2.05, 4.69) is 21.3 Å². The Morgan fingerprint density at radius 3 is 2.04 bits per heavy atom. The van der Waals surface area contributed by atoms with Gasteiger partial charge in [0.2, 0.25) is 5.91 Å². The van der Waals surface area contributed by atoms with Gasteiger partial charge in [-0.05, 0) is 128 Å². The Morgan fingerprint density at radius 2 is 1.41 bits per heavy atom. The maximum absolute atomic E-state index is 13.7. The fourth-order valence-corrected chi connectivity index (χ4v) is 8.66. The molecule has 22 nitrogen and oxygen atoms in total. The molecule has 4 aliphatic rings. The van der Waals surface area contributed by atoms with Crippen molar-refractivity contribution in [3.8, 4) is 0 Å². The maximum atomic E-state index is 13.7. The monoisotopic (exact) mass is 1000 g/mol. The van der Waals surface area contributed by atoms with Gasteiger partial charge in [-0.3, -0.25) is 4.79 Å². The number of aliphatic hydroxyl groups is 3. The van der Waals surface area contributed by atoms with Crippen LogP contribution in [0.5, 0.6) is 0 Å². The number of rotatable bonds is 15. The standard InChI is InChI=1S/C48H84N6O16/c1-44(2,3)67-40(58)50-22-16-20-32(55)51-30-24-31(52-41(59)68-45(4,5)6)36(34(56)37(30)66-39-35(57)38(48(13,62)27-63-39)53(14)42(60)69-46(7,8)9)65-33-21-15-19-29(64-33)26-49-25-28-18-17-23-54(28)43(61)70-47(10,11)12/h19,28,30-31,33-39,49,56-57,62H,15-18,20-27H2,1-14H3,(H,50,58)(H,51,55)(H,52,59)/t28?,30-,31+,33-,34+,35-,36-,37+,38-,39-,48+/m1/s1. The van der Waals surface area contributed by atoms with E-state index >= 15 is 0 Å². The average Bonchev–Trinajstić information content (AvgIpc) is 3.66. The number of ether oxygens (including phenoxy) is 8. The second-order valence-electron chi connectivity index (χ2n) is 22.8. The van der Waals surface area contributed by atoms with E-state index in [1.807, 2.05) is 26.8 Å². The molecule has 1 aliphatic carbocycles. The minimum Gasteiger partial charge on any atom is -0.468 e. The van der Waals surface area contributed by atoms with Crippen LogP contribution in [0.1, 0.15) is 135 Å². The molecule has 0 aromatic heterocycles. The first-order chi connectivity index (χ1) is 32.2. The Bertz CT molecular complexity index is 1810. The lowest BCUT2D eigenvalue weighted by Gasteiger charge is -2.50. The number of carbonyl (C=O) groups is 5. The van der Waals surface area contributed by atoms with Crippen molar-refractivity contribution < 1.29 is 77.2 Å². The Kier molecular flexibility index (Phi) is 20.0. The third kappa shape index (κ3) is 18.4. The molecule has 11 atom stereocenters. The topological polar surface area (TPSA) is 274 Å². The lowest BCUT2D eigenvalue weighted by atomic mass is 9.82. The van der Waals surface area contributed by atoms with Crippen molar-refractivity contribution in [2.45, 2.75) is 224 Å². The number of nitrogens with zero attached hydrogens (tertiary/aromatic N) is 2. The van der Waals surface area contributed by atoms with Crippen LogP contribution in [0.2, 0.25) is 0 Å². The molecule has 22 heteroatoms. The zero-order valence-corrected chi connectivity index (χ0v) is 43.9. The highest BCUT2D eigenvalue weighted by molar-refractivity contribution is 5.76. The number of likely N-dealkylation sites (N-methyl/N-ethyl adjacent to an activating group) is 1. The smallest absolute Gasteiger partial charge is 0.410 e. The van der Waals surface area contributed by atoms with Crippen molar-refractivity contribution >= 4 is 30.3 Å². The zero-order chi connectivity index (χ0) is 52.6. The molecule has 0 bridgehead atoms. The summed E-state index contributed by atoms with van der Waals surface area (Å²) in [5.74, 6) is 0.0671. The molecule has 0 spiro atoms. The highest BCUT2D eigenvalue weighted by atomic mass is 16.7. The normalized spacial score (nSPS) is 29.7. The fraction of sp³-hybridized carbons (Fsp3) is 0.854. The Morgan fingerprint density at radius 1 is 0.814 bits per heavy atom. The van der Waals surface area contributed by atoms with Crippen molar-refractivity contribution in [2.75, 3.05) is 39.8 Å². The van der Waals surface area contributed by atoms with Gasteiger partial charge in [0.15, 0.2) is 12.6 Å². The molecule has 5 amide bonds. The lowest BCUT2D eigenvalue weighted by molar-refractivity contribution is -0.310. The third-order valence-corrected chi connectivity index (χ3v) is 11.5. The predicted molar refractivity (Wildman–Crippen MR) is 254 cm³/mol. The first-order valence-electron chi connectivity index (χ1n) is 24.5. The van der Waals surface area contributed by atoms with Crippen LogP contribution in [0, 0.1) is 0 Å². The Balaban J connectivity index is 1.58. The van der Waals surface area contributed by atoms with Gasteiger partial charge in [-0.25, -0.2) is 19.2 Å². The molecule has 3 heterocycles. The van der Waals surface area contributed by atoms with E-state index in [0.717, 1.165) is 17.7 Å². The summed E-state index contributed by atoms with van der Waals surface area (Å²) in [5.41, 5.74) is -4.94. The number of alkyl carbamates (subject to hydrolysis) is 2. The van der Waals surface area contributed by atoms with Gasteiger partial charge in [0.05, 0.1) is 31.3 Å². The van der Waals surface area contributed by atoms with Crippen molar-refractivity contribution in [1.82, 2.24) is 31.1 Å². The molecule has 7 N–H and O–H groups in total. The number of hydrogen-bond donors (Lipinski definition) is 7. The highest BCUT2D eigenvalue weighted by Gasteiger charge is 2.55. The average molecular weight is 1000 g/mol. The summed E-state index contributed by atoms with van der Waals surface area (Å²) in [6.45, 7) is 23.3. The molecule has 0 radical (unpaired) electrons. The van der Waals surface area contributed by atoms with Crippen molar-refractivity contribution in [3.63, 3.8) is 0 Å². The van der Waals surface area contributed by atoms with Gasteiger partial charge < -0.3 is 84.3 Å². The molecule has 0 aromatic carbocycles. The van der Waals surface area contributed by atoms with Crippen LogP contribution in [0.15, 0.2) is 11.8 Å². The number of allylic oxidation sites excluding steroid dienone is 1. The second kappa shape index (κ2) is 24.0. The van der Waals surface area contributed by atoms with E-state index in [0.29, 0.717) is 38.2 Å². The van der Waals surface area contributed by atoms with E-state index in [9.17, 15) is 39.3 Å². The number of aliphatic hydroxyl groups excluding tert-OH is 2. The van der Waals surface area contributed by atoms with E-state index in [1.165, 1.54) is 14.0 Å². The number of hydrogen-bond acceptors (Lipinski definition) is 17. The van der Waals surface area contributed by atoms with Crippen LogP contribution in [-0.4, -0.2) is 184 Å². The van der Waals surface area contributed by atoms with Crippen molar-refractivity contribution in [1.29, 1.82) is 0 Å². The van der Waals surface area contributed by atoms with E-state index in [1.54, 1.807) is 67.2 Å². The third-order valence-electron chi connectivity index (χ3n) is 11.5. The van der Waals surface area contributed by atoms with Gasteiger partial charge in [0, 0.05) is 45.6 Å². The van der Waals surface area contributed by atoms with Crippen LogP contribution in [0.4, 0.5) is 19.2 Å². The first kappa shape index (κ1) is 58.4. The largest absolute Gasteiger partial charge is 0.468 e. The van der Waals surface area contributed by atoms with Crippen LogP contribution in [0.3, 0.4) is 0 Å². The van der Waals surface area contributed by atoms with Gasteiger partial charge in [0.1, 0.15) is 58.2 Å². The minimum atomic E-state index is -1.79. The molecule has 1 saturated carbocycles. The van der Waals surface area contributed by atoms with Crippen molar-refractivity contribution in [3.05, 3.63) is 11.8 Å². The molecule has 2 saturated heterocycles. The van der Waals surface area contributed by atoms with Gasteiger partial charge in [-0.2, -0.15) is 0 Å². The lowest BCUT2D eigenvalue weighted by Crippen LogP contribution is -2.70. The minimum absolute atomic E-state index is 0.0757. The van der Waals surface area contributed by atoms with Crippen LogP contribution >= 0.6 is 0 Å². The maximum Gasteiger partial charge on any atom is 0.410 e. The van der Waals surface area contributed by atoms with E-state index in [4.69, 9.17) is 37.9 Å². The second-order valence-corrected chi connectivity index (χ2v) is 22.8. The number of amides is 5. The number of carbonyl (C=O) groups excluding carboxylic acids is 5. The fourth-order valence-electron chi connectivity index (χ4n) is 8.66. The first-order valence-corrected chi connectivity index (χ1v) is 24.5. The van der Waals surface area contributed by atoms with E-state index in [-0.39, 0.29) is 37.9 Å². The van der Waals surface area contributed by atoms with E-state index < -0.39 is 114 Å². The summed E-state index contributed by atoms with van der Waals surface area (Å²) < 4.78 is 47.3. The van der Waals surface area contributed by atoms with Gasteiger partial charge >= 0.3 is 24.4 Å². The number of nitrogens with one attached hydrogen (secondary N) is 4. The summed E-state index contributed by atoms with van der Waals surface area (Å²) in [7, 11) is 1.36. The van der Waals surface area contributed by atoms with Gasteiger partial charge in [-0.15, -0.1) is 0 Å².